The first kappa shape index (κ1) is 25.4. The Morgan fingerprint density at radius 1 is 1.29 bits per heavy atom. The highest BCUT2D eigenvalue weighted by atomic mass is 35.5. The molecule has 0 spiro atoms. The number of halogens is 1. The number of aromatic nitrogens is 6. The Kier molecular flexibility index (Phi) is 7.38. The number of hydrogen-bond donors (Lipinski definition) is 3. The first-order chi connectivity index (χ1) is 18.4. The number of aromatic amines is 1. The van der Waals surface area contributed by atoms with Gasteiger partial charge >= 0.3 is 0 Å². The lowest BCUT2D eigenvalue weighted by Crippen LogP contribution is -2.31. The third-order valence-corrected chi connectivity index (χ3v) is 6.60. The van der Waals surface area contributed by atoms with Crippen molar-refractivity contribution in [1.82, 2.24) is 35.3 Å². The maximum absolute atomic E-state index is 12.4. The quantitative estimate of drug-likeness (QED) is 0.293. The number of allylic oxidation sites excluding steroid dienone is 2. The van der Waals surface area contributed by atoms with E-state index in [0.717, 1.165) is 22.2 Å². The van der Waals surface area contributed by atoms with Gasteiger partial charge in [-0.3, -0.25) is 14.9 Å². The van der Waals surface area contributed by atoms with E-state index in [0.29, 0.717) is 34.7 Å². The fraction of sp³-hybridized carbons (Fsp3) is 0.269. The van der Waals surface area contributed by atoms with Crippen LogP contribution in [0.15, 0.2) is 60.6 Å². The Morgan fingerprint density at radius 2 is 2.16 bits per heavy atom. The molecular formula is C26H27ClN8O3. The Hall–Kier alpha value is -4.22. The van der Waals surface area contributed by atoms with E-state index in [1.54, 1.807) is 37.3 Å². The zero-order valence-electron chi connectivity index (χ0n) is 21.1. The third kappa shape index (κ3) is 5.38. The van der Waals surface area contributed by atoms with E-state index in [1.165, 1.54) is 0 Å². The van der Waals surface area contributed by atoms with Crippen molar-refractivity contribution in [2.24, 2.45) is 7.05 Å². The molecule has 12 heteroatoms. The molecule has 2 unspecified atom stereocenters. The molecule has 0 saturated carbocycles. The van der Waals surface area contributed by atoms with Crippen molar-refractivity contribution in [3.8, 4) is 0 Å². The van der Waals surface area contributed by atoms with Crippen LogP contribution in [0.25, 0.3) is 16.5 Å². The number of benzene rings is 1. The second kappa shape index (κ2) is 11.0. The first-order valence-electron chi connectivity index (χ1n) is 12.0. The highest BCUT2D eigenvalue weighted by Gasteiger charge is 2.25. The van der Waals surface area contributed by atoms with Crippen molar-refractivity contribution >= 4 is 45.6 Å². The van der Waals surface area contributed by atoms with Gasteiger partial charge in [-0.05, 0) is 37.3 Å². The summed E-state index contributed by atoms with van der Waals surface area (Å²) in [6.45, 7) is 1.74. The minimum Gasteiger partial charge on any atom is -0.485 e. The fourth-order valence-electron chi connectivity index (χ4n) is 4.13. The van der Waals surface area contributed by atoms with Crippen LogP contribution < -0.4 is 10.6 Å². The summed E-state index contributed by atoms with van der Waals surface area (Å²) >= 11 is 6.54. The normalized spacial score (nSPS) is 16.1. The molecule has 0 aliphatic heterocycles. The molecule has 0 radical (unpaired) electrons. The Labute approximate surface area is 223 Å². The summed E-state index contributed by atoms with van der Waals surface area (Å²) in [5.74, 6) is 1.40. The number of pyridine rings is 1. The summed E-state index contributed by atoms with van der Waals surface area (Å²) in [5.41, 5.74) is 3.20. The van der Waals surface area contributed by atoms with Gasteiger partial charge in [-0.2, -0.15) is 10.1 Å². The maximum atomic E-state index is 12.4. The Bertz CT molecular complexity index is 1510. The summed E-state index contributed by atoms with van der Waals surface area (Å²) in [6, 6.07) is 9.10. The largest absolute Gasteiger partial charge is 0.485 e. The van der Waals surface area contributed by atoms with E-state index in [-0.39, 0.29) is 24.7 Å². The van der Waals surface area contributed by atoms with Gasteiger partial charge in [0, 0.05) is 37.7 Å². The Balaban J connectivity index is 1.25. The minimum absolute atomic E-state index is 0.135. The van der Waals surface area contributed by atoms with Gasteiger partial charge in [-0.25, -0.2) is 4.68 Å². The van der Waals surface area contributed by atoms with E-state index in [1.807, 2.05) is 43.3 Å². The van der Waals surface area contributed by atoms with Gasteiger partial charge in [0.1, 0.15) is 11.9 Å². The number of carbonyl (C=O) groups excluding carboxylic acids is 1. The number of hydrogen-bond acceptors (Lipinski definition) is 8. The summed E-state index contributed by atoms with van der Waals surface area (Å²) in [4.78, 5) is 21.4. The lowest BCUT2D eigenvalue weighted by atomic mass is 10.0. The average Bonchev–Trinajstić information content (AvgIpc) is 3.56. The number of carbonyl (C=O) groups is 1. The van der Waals surface area contributed by atoms with Crippen LogP contribution in [0.4, 0.5) is 11.6 Å². The number of rotatable bonds is 9. The molecule has 5 rings (SSSR count). The SMILES string of the molecule is COC1CC(c2nc(Nc3ccc4[nH]ncc4c3Cl)n(C)n2)=CC=C1OCC(=O)NC(C)c1ccccn1. The summed E-state index contributed by atoms with van der Waals surface area (Å²) < 4.78 is 13.1. The number of nitrogens with zero attached hydrogens (tertiary/aromatic N) is 5. The molecule has 196 valence electrons. The lowest BCUT2D eigenvalue weighted by molar-refractivity contribution is -0.125. The monoisotopic (exact) mass is 534 g/mol. The lowest BCUT2D eigenvalue weighted by Gasteiger charge is -2.23. The van der Waals surface area contributed by atoms with Crippen LogP contribution >= 0.6 is 11.6 Å². The van der Waals surface area contributed by atoms with Gasteiger partial charge in [-0.15, -0.1) is 5.10 Å². The zero-order valence-corrected chi connectivity index (χ0v) is 21.9. The Morgan fingerprint density at radius 3 is 2.95 bits per heavy atom. The number of aryl methyl sites for hydroxylation is 1. The van der Waals surface area contributed by atoms with Crippen LogP contribution in [0.5, 0.6) is 0 Å². The molecule has 3 N–H and O–H groups in total. The van der Waals surface area contributed by atoms with Crippen molar-refractivity contribution in [3.05, 3.63) is 77.2 Å². The molecule has 4 aromatic rings. The molecule has 0 bridgehead atoms. The highest BCUT2D eigenvalue weighted by Crippen LogP contribution is 2.33. The molecule has 38 heavy (non-hydrogen) atoms. The van der Waals surface area contributed by atoms with Gasteiger partial charge in [0.25, 0.3) is 5.91 Å². The number of nitrogens with one attached hydrogen (secondary N) is 3. The zero-order chi connectivity index (χ0) is 26.6. The number of H-pyrrole nitrogens is 1. The van der Waals surface area contributed by atoms with Crippen LogP contribution in [-0.2, 0) is 21.3 Å². The summed E-state index contributed by atoms with van der Waals surface area (Å²) in [7, 11) is 3.40. The third-order valence-electron chi connectivity index (χ3n) is 6.19. The van der Waals surface area contributed by atoms with E-state index in [2.05, 4.69) is 35.9 Å². The van der Waals surface area contributed by atoms with Gasteiger partial charge in [0.15, 0.2) is 12.4 Å². The van der Waals surface area contributed by atoms with Crippen LogP contribution in [0.2, 0.25) is 5.02 Å². The topological polar surface area (TPSA) is 132 Å². The van der Waals surface area contributed by atoms with E-state index in [9.17, 15) is 4.79 Å². The standard InChI is InChI=1S/C26H27ClN8O3/c1-15(18-6-4-5-11-28-18)30-23(36)14-38-21-10-7-16(12-22(21)37-3)25-32-26(35(2)34-25)31-20-9-8-19-17(24(20)27)13-29-33-19/h4-11,13,15,22H,12,14H2,1-3H3,(H,29,33)(H,30,36)(H,31,32,34). The van der Waals surface area contributed by atoms with Crippen molar-refractivity contribution in [2.45, 2.75) is 25.5 Å². The second-order valence-corrected chi connectivity index (χ2v) is 9.17. The van der Waals surface area contributed by atoms with Gasteiger partial charge in [-0.1, -0.05) is 23.7 Å². The van der Waals surface area contributed by atoms with Crippen molar-refractivity contribution in [3.63, 3.8) is 0 Å². The number of anilines is 2. The number of amides is 1. The van der Waals surface area contributed by atoms with E-state index >= 15 is 0 Å². The van der Waals surface area contributed by atoms with Gasteiger partial charge in [0.05, 0.1) is 34.2 Å². The molecule has 1 aliphatic carbocycles. The molecular weight excluding hydrogens is 508 g/mol. The van der Waals surface area contributed by atoms with Gasteiger partial charge < -0.3 is 20.1 Å². The predicted molar refractivity (Wildman–Crippen MR) is 144 cm³/mol. The van der Waals surface area contributed by atoms with Gasteiger partial charge in [0.2, 0.25) is 5.95 Å². The van der Waals surface area contributed by atoms with Crippen LogP contribution in [0.1, 0.15) is 30.9 Å². The maximum Gasteiger partial charge on any atom is 0.258 e. The van der Waals surface area contributed by atoms with E-state index in [4.69, 9.17) is 21.1 Å². The van der Waals surface area contributed by atoms with Crippen molar-refractivity contribution in [2.75, 3.05) is 19.0 Å². The molecule has 1 aromatic carbocycles. The van der Waals surface area contributed by atoms with Crippen LogP contribution in [0, 0.1) is 0 Å². The minimum atomic E-state index is -0.380. The molecule has 0 fully saturated rings. The number of methoxy groups -OCH3 is 1. The van der Waals surface area contributed by atoms with Crippen LogP contribution in [-0.4, -0.2) is 55.7 Å². The molecule has 0 saturated heterocycles. The van der Waals surface area contributed by atoms with Crippen LogP contribution in [0.3, 0.4) is 0 Å². The summed E-state index contributed by atoms with van der Waals surface area (Å²) in [5, 5.41) is 19.0. The fourth-order valence-corrected chi connectivity index (χ4v) is 4.39. The molecule has 3 aromatic heterocycles. The predicted octanol–water partition coefficient (Wildman–Crippen LogP) is 4.06. The molecule has 11 nitrogen and oxygen atoms in total. The number of ether oxygens (including phenoxy) is 2. The smallest absolute Gasteiger partial charge is 0.258 e. The molecule has 1 aliphatic rings. The highest BCUT2D eigenvalue weighted by molar-refractivity contribution is 6.38. The van der Waals surface area contributed by atoms with Crippen molar-refractivity contribution < 1.29 is 14.3 Å². The summed E-state index contributed by atoms with van der Waals surface area (Å²) in [6.07, 6.45) is 7.14. The molecule has 2 atom stereocenters. The molecule has 3 heterocycles. The van der Waals surface area contributed by atoms with Crippen molar-refractivity contribution in [1.29, 1.82) is 0 Å². The average molecular weight is 535 g/mol. The molecule has 1 amide bonds. The van der Waals surface area contributed by atoms with E-state index < -0.39 is 0 Å². The first-order valence-corrected chi connectivity index (χ1v) is 12.4. The number of fused-ring (bicyclic) bond motifs is 1. The second-order valence-electron chi connectivity index (χ2n) is 8.79.